The zero-order valence-corrected chi connectivity index (χ0v) is 14.0. The number of para-hydroxylation sites is 1. The summed E-state index contributed by atoms with van der Waals surface area (Å²) in [5.41, 5.74) is 1.31. The van der Waals surface area contributed by atoms with Crippen molar-refractivity contribution < 1.29 is 9.84 Å². The van der Waals surface area contributed by atoms with Crippen molar-refractivity contribution in [2.45, 2.75) is 50.6 Å². The van der Waals surface area contributed by atoms with Crippen molar-refractivity contribution in [2.24, 2.45) is 0 Å². The lowest BCUT2D eigenvalue weighted by Crippen LogP contribution is -2.33. The highest BCUT2D eigenvalue weighted by atomic mass is 16.5. The van der Waals surface area contributed by atoms with E-state index >= 15 is 0 Å². The molecule has 1 saturated heterocycles. The molecule has 4 heteroatoms. The van der Waals surface area contributed by atoms with Crippen LogP contribution in [0.25, 0.3) is 0 Å². The molecule has 2 aliphatic heterocycles. The van der Waals surface area contributed by atoms with Gasteiger partial charge in [-0.25, -0.2) is 0 Å². The summed E-state index contributed by atoms with van der Waals surface area (Å²) in [4.78, 5) is 2.45. The molecule has 0 amide bonds. The molecule has 0 aliphatic carbocycles. The molecule has 0 saturated carbocycles. The van der Waals surface area contributed by atoms with Crippen molar-refractivity contribution in [1.82, 2.24) is 10.2 Å². The smallest absolute Gasteiger partial charge is 0.124 e. The van der Waals surface area contributed by atoms with E-state index in [9.17, 15) is 5.11 Å². The minimum Gasteiger partial charge on any atom is -0.493 e. The van der Waals surface area contributed by atoms with Crippen LogP contribution in [0.3, 0.4) is 0 Å². The number of ether oxygens (including phenoxy) is 1. The Morgan fingerprint density at radius 1 is 1.17 bits per heavy atom. The maximum absolute atomic E-state index is 9.36. The van der Waals surface area contributed by atoms with E-state index in [1.807, 2.05) is 0 Å². The van der Waals surface area contributed by atoms with E-state index in [1.165, 1.54) is 24.8 Å². The fourth-order valence-electron chi connectivity index (χ4n) is 3.85. The van der Waals surface area contributed by atoms with Gasteiger partial charge in [-0.15, -0.1) is 0 Å². The molecule has 2 N–H and O–H groups in total. The van der Waals surface area contributed by atoms with Gasteiger partial charge in [0.2, 0.25) is 0 Å². The van der Waals surface area contributed by atoms with Gasteiger partial charge < -0.3 is 15.2 Å². The number of benzene rings is 1. The van der Waals surface area contributed by atoms with E-state index in [-0.39, 0.29) is 0 Å². The van der Waals surface area contributed by atoms with Gasteiger partial charge in [0.25, 0.3) is 0 Å². The van der Waals surface area contributed by atoms with E-state index in [0.717, 1.165) is 51.3 Å². The number of unbranched alkanes of at least 4 members (excludes halogenated alkanes) is 1. The zero-order chi connectivity index (χ0) is 15.9. The van der Waals surface area contributed by atoms with Gasteiger partial charge in [0.15, 0.2) is 0 Å². The minimum atomic E-state index is 0.317. The molecule has 0 spiro atoms. The highest BCUT2D eigenvalue weighted by Crippen LogP contribution is 2.31. The van der Waals surface area contributed by atoms with Crippen LogP contribution in [0, 0.1) is 0 Å². The zero-order valence-electron chi connectivity index (χ0n) is 14.0. The second-order valence-corrected chi connectivity index (χ2v) is 6.76. The first-order valence-electron chi connectivity index (χ1n) is 9.18. The average Bonchev–Trinajstić information content (AvgIpc) is 2.94. The van der Waals surface area contributed by atoms with Gasteiger partial charge in [-0.3, -0.25) is 4.90 Å². The molecule has 23 heavy (non-hydrogen) atoms. The standard InChI is InChI=1S/C19H30N2O2/c22-15-16-7-5-13-21(16)12-4-3-11-20-18-9-6-14-23-19-10-2-1-8-17(18)19/h1-2,8,10,16,18,20,22H,3-7,9,11-15H2. The Kier molecular flexibility index (Phi) is 6.31. The SMILES string of the molecule is OCC1CCCN1CCCCNC1CCCOc2ccccc21. The van der Waals surface area contributed by atoms with Crippen LogP contribution in [0.1, 0.15) is 50.1 Å². The summed E-state index contributed by atoms with van der Waals surface area (Å²) >= 11 is 0. The molecule has 2 atom stereocenters. The first-order valence-corrected chi connectivity index (χ1v) is 9.18. The predicted octanol–water partition coefficient (Wildman–Crippen LogP) is 2.73. The third-order valence-corrected chi connectivity index (χ3v) is 5.16. The van der Waals surface area contributed by atoms with Crippen LogP contribution in [0.5, 0.6) is 5.75 Å². The molecule has 2 heterocycles. The normalized spacial score (nSPS) is 24.9. The van der Waals surface area contributed by atoms with Crippen LogP contribution in [0.2, 0.25) is 0 Å². The molecular formula is C19H30N2O2. The van der Waals surface area contributed by atoms with E-state index in [1.54, 1.807) is 0 Å². The maximum atomic E-state index is 9.36. The van der Waals surface area contributed by atoms with Gasteiger partial charge in [-0.1, -0.05) is 18.2 Å². The highest BCUT2D eigenvalue weighted by molar-refractivity contribution is 5.36. The lowest BCUT2D eigenvalue weighted by atomic mass is 10.0. The molecule has 0 aromatic heterocycles. The van der Waals surface area contributed by atoms with Crippen molar-refractivity contribution in [3.05, 3.63) is 29.8 Å². The number of rotatable bonds is 7. The number of fused-ring (bicyclic) bond motifs is 1. The second kappa shape index (κ2) is 8.67. The summed E-state index contributed by atoms with van der Waals surface area (Å²) in [6.45, 7) is 4.48. The summed E-state index contributed by atoms with van der Waals surface area (Å²) < 4.78 is 5.83. The van der Waals surface area contributed by atoms with E-state index in [2.05, 4.69) is 34.5 Å². The number of likely N-dealkylation sites (tertiary alicyclic amines) is 1. The maximum Gasteiger partial charge on any atom is 0.124 e. The fraction of sp³-hybridized carbons (Fsp3) is 0.684. The average molecular weight is 318 g/mol. The third kappa shape index (κ3) is 4.46. The Morgan fingerprint density at radius 2 is 2.09 bits per heavy atom. The summed E-state index contributed by atoms with van der Waals surface area (Å²) in [6.07, 6.45) is 7.05. The van der Waals surface area contributed by atoms with E-state index < -0.39 is 0 Å². The minimum absolute atomic E-state index is 0.317. The number of nitrogens with one attached hydrogen (secondary N) is 1. The van der Waals surface area contributed by atoms with Gasteiger partial charge in [0, 0.05) is 17.6 Å². The molecule has 0 bridgehead atoms. The molecule has 2 aliphatic rings. The monoisotopic (exact) mass is 318 g/mol. The lowest BCUT2D eigenvalue weighted by Gasteiger charge is -2.23. The molecular weight excluding hydrogens is 288 g/mol. The molecule has 2 unspecified atom stereocenters. The molecule has 1 aromatic rings. The van der Waals surface area contributed by atoms with Crippen molar-refractivity contribution in [1.29, 1.82) is 0 Å². The Labute approximate surface area is 139 Å². The summed E-state index contributed by atoms with van der Waals surface area (Å²) in [5.74, 6) is 1.05. The number of aliphatic hydroxyl groups excluding tert-OH is 1. The molecule has 3 rings (SSSR count). The quantitative estimate of drug-likeness (QED) is 0.759. The van der Waals surface area contributed by atoms with Gasteiger partial charge in [-0.05, 0) is 64.2 Å². The first kappa shape index (κ1) is 16.7. The second-order valence-electron chi connectivity index (χ2n) is 6.76. The highest BCUT2D eigenvalue weighted by Gasteiger charge is 2.23. The molecule has 1 aromatic carbocycles. The molecule has 1 fully saturated rings. The summed E-state index contributed by atoms with van der Waals surface area (Å²) in [6, 6.07) is 9.26. The number of aliphatic hydroxyl groups is 1. The third-order valence-electron chi connectivity index (χ3n) is 5.16. The molecule has 4 nitrogen and oxygen atoms in total. The lowest BCUT2D eigenvalue weighted by molar-refractivity contribution is 0.157. The van der Waals surface area contributed by atoms with E-state index in [4.69, 9.17) is 4.74 Å². The number of hydrogen-bond acceptors (Lipinski definition) is 4. The van der Waals surface area contributed by atoms with Crippen molar-refractivity contribution in [3.8, 4) is 5.75 Å². The van der Waals surface area contributed by atoms with Crippen molar-refractivity contribution in [3.63, 3.8) is 0 Å². The number of nitrogens with zero attached hydrogens (tertiary/aromatic N) is 1. The van der Waals surface area contributed by atoms with Crippen LogP contribution in [0.15, 0.2) is 24.3 Å². The Balaban J connectivity index is 1.40. The van der Waals surface area contributed by atoms with E-state index in [0.29, 0.717) is 18.7 Å². The Morgan fingerprint density at radius 3 is 3.00 bits per heavy atom. The predicted molar refractivity (Wildman–Crippen MR) is 92.8 cm³/mol. The van der Waals surface area contributed by atoms with Gasteiger partial charge in [-0.2, -0.15) is 0 Å². The van der Waals surface area contributed by atoms with Gasteiger partial charge >= 0.3 is 0 Å². The van der Waals surface area contributed by atoms with Gasteiger partial charge in [0.05, 0.1) is 13.2 Å². The molecule has 0 radical (unpaired) electrons. The van der Waals surface area contributed by atoms with Crippen LogP contribution in [0.4, 0.5) is 0 Å². The molecule has 128 valence electrons. The van der Waals surface area contributed by atoms with Crippen LogP contribution in [-0.2, 0) is 0 Å². The van der Waals surface area contributed by atoms with Crippen molar-refractivity contribution in [2.75, 3.05) is 32.8 Å². The number of hydrogen-bond donors (Lipinski definition) is 2. The first-order chi connectivity index (χ1) is 11.4. The largest absolute Gasteiger partial charge is 0.493 e. The van der Waals surface area contributed by atoms with Gasteiger partial charge in [0.1, 0.15) is 5.75 Å². The summed E-state index contributed by atoms with van der Waals surface area (Å²) in [5, 5.41) is 13.1. The van der Waals surface area contributed by atoms with Crippen LogP contribution >= 0.6 is 0 Å². The summed E-state index contributed by atoms with van der Waals surface area (Å²) in [7, 11) is 0. The Hall–Kier alpha value is -1.10. The topological polar surface area (TPSA) is 44.7 Å². The van der Waals surface area contributed by atoms with Crippen molar-refractivity contribution >= 4 is 0 Å². The Bertz CT molecular complexity index is 480. The van der Waals surface area contributed by atoms with Crippen LogP contribution in [-0.4, -0.2) is 48.9 Å². The fourth-order valence-corrected chi connectivity index (χ4v) is 3.85. The van der Waals surface area contributed by atoms with Crippen LogP contribution < -0.4 is 10.1 Å².